The van der Waals surface area contributed by atoms with E-state index in [1.165, 1.54) is 22.0 Å². The van der Waals surface area contributed by atoms with Crippen LogP contribution >= 0.6 is 0 Å². The van der Waals surface area contributed by atoms with Crippen molar-refractivity contribution in [1.82, 2.24) is 9.88 Å². The van der Waals surface area contributed by atoms with Gasteiger partial charge < -0.3 is 9.88 Å². The topological polar surface area (TPSA) is 40.8 Å². The van der Waals surface area contributed by atoms with Gasteiger partial charge in [-0.3, -0.25) is 0 Å². The Morgan fingerprint density at radius 3 is 3.00 bits per heavy atom. The third kappa shape index (κ3) is 1.71. The summed E-state index contributed by atoms with van der Waals surface area (Å²) in [5, 5.41) is 13.5. The zero-order valence-corrected chi connectivity index (χ0v) is 10.4. The normalized spacial score (nSPS) is 15.4. The summed E-state index contributed by atoms with van der Waals surface area (Å²) < 4.78 is 2.13. The Labute approximate surface area is 106 Å². The second-order valence-electron chi connectivity index (χ2n) is 4.68. The molecule has 2 aromatic rings. The summed E-state index contributed by atoms with van der Waals surface area (Å²) in [7, 11) is 2.06. The molecule has 0 unspecified atom stereocenters. The molecule has 90 valence electrons. The van der Waals surface area contributed by atoms with Crippen LogP contribution in [-0.2, 0) is 7.05 Å². The van der Waals surface area contributed by atoms with Gasteiger partial charge in [-0.25, -0.2) is 0 Å². The summed E-state index contributed by atoms with van der Waals surface area (Å²) in [6.07, 6.45) is 5.47. The maximum Gasteiger partial charge on any atom is 0.0991 e. The van der Waals surface area contributed by atoms with E-state index in [4.69, 9.17) is 5.26 Å². The van der Waals surface area contributed by atoms with Gasteiger partial charge in [0.05, 0.1) is 11.6 Å². The fraction of sp³-hybridized carbons (Fsp3) is 0.267. The van der Waals surface area contributed by atoms with E-state index in [0.717, 1.165) is 25.1 Å². The van der Waals surface area contributed by atoms with E-state index in [1.54, 1.807) is 0 Å². The fourth-order valence-electron chi connectivity index (χ4n) is 2.58. The molecule has 0 aliphatic carbocycles. The molecule has 0 spiro atoms. The number of nitrogens with zero attached hydrogens (tertiary/aromatic N) is 2. The molecule has 0 amide bonds. The summed E-state index contributed by atoms with van der Waals surface area (Å²) in [6, 6.07) is 8.12. The number of nitriles is 1. The van der Waals surface area contributed by atoms with Gasteiger partial charge in [0, 0.05) is 36.3 Å². The van der Waals surface area contributed by atoms with Gasteiger partial charge in [0.2, 0.25) is 0 Å². The second-order valence-corrected chi connectivity index (χ2v) is 4.68. The Morgan fingerprint density at radius 2 is 2.28 bits per heavy atom. The molecule has 0 bridgehead atoms. The number of aromatic nitrogens is 1. The van der Waals surface area contributed by atoms with Crippen LogP contribution in [0, 0.1) is 11.3 Å². The average Bonchev–Trinajstić information content (AvgIpc) is 2.76. The highest BCUT2D eigenvalue weighted by Gasteiger charge is 2.12. The van der Waals surface area contributed by atoms with Crippen LogP contribution < -0.4 is 5.32 Å². The quantitative estimate of drug-likeness (QED) is 0.827. The smallest absolute Gasteiger partial charge is 0.0991 e. The van der Waals surface area contributed by atoms with E-state index in [1.807, 2.05) is 18.2 Å². The van der Waals surface area contributed by atoms with Crippen molar-refractivity contribution in [2.45, 2.75) is 6.42 Å². The number of nitrogens with one attached hydrogen (secondary N) is 1. The number of fused-ring (bicyclic) bond motifs is 1. The maximum atomic E-state index is 9.02. The molecule has 1 aromatic carbocycles. The first-order valence-corrected chi connectivity index (χ1v) is 6.19. The predicted octanol–water partition coefficient (Wildman–Crippen LogP) is 2.43. The van der Waals surface area contributed by atoms with Gasteiger partial charge in [-0.1, -0.05) is 6.08 Å². The van der Waals surface area contributed by atoms with Crippen molar-refractivity contribution in [2.75, 3.05) is 13.1 Å². The summed E-state index contributed by atoms with van der Waals surface area (Å²) in [4.78, 5) is 0. The van der Waals surface area contributed by atoms with E-state index in [0.29, 0.717) is 0 Å². The summed E-state index contributed by atoms with van der Waals surface area (Å²) in [5.41, 5.74) is 4.56. The van der Waals surface area contributed by atoms with Crippen molar-refractivity contribution >= 4 is 16.5 Å². The van der Waals surface area contributed by atoms with Crippen LogP contribution in [0.5, 0.6) is 0 Å². The molecule has 1 N–H and O–H groups in total. The Hall–Kier alpha value is -2.05. The number of benzene rings is 1. The molecule has 2 heterocycles. The molecule has 0 atom stereocenters. The summed E-state index contributed by atoms with van der Waals surface area (Å²) in [6.45, 7) is 1.96. The first kappa shape index (κ1) is 11.1. The lowest BCUT2D eigenvalue weighted by molar-refractivity contribution is 0.738. The molecule has 3 nitrogen and oxygen atoms in total. The fourth-order valence-corrected chi connectivity index (χ4v) is 2.58. The van der Waals surface area contributed by atoms with Crippen molar-refractivity contribution < 1.29 is 0 Å². The highest BCUT2D eigenvalue weighted by molar-refractivity contribution is 5.94. The largest absolute Gasteiger partial charge is 0.350 e. The van der Waals surface area contributed by atoms with Gasteiger partial charge in [0.15, 0.2) is 0 Å². The Balaban J connectivity index is 2.22. The van der Waals surface area contributed by atoms with Crippen LogP contribution in [0.15, 0.2) is 30.5 Å². The molecular weight excluding hydrogens is 222 g/mol. The van der Waals surface area contributed by atoms with Gasteiger partial charge >= 0.3 is 0 Å². The second kappa shape index (κ2) is 4.32. The monoisotopic (exact) mass is 237 g/mol. The molecule has 0 saturated carbocycles. The van der Waals surface area contributed by atoms with Crippen LogP contribution in [0.1, 0.15) is 17.5 Å². The van der Waals surface area contributed by atoms with Crippen molar-refractivity contribution in [3.05, 3.63) is 41.6 Å². The lowest BCUT2D eigenvalue weighted by atomic mass is 9.99. The molecule has 3 heteroatoms. The molecule has 1 aliphatic heterocycles. The number of aryl methyl sites for hydroxylation is 1. The van der Waals surface area contributed by atoms with E-state index in [-0.39, 0.29) is 0 Å². The maximum absolute atomic E-state index is 9.02. The minimum atomic E-state index is 0.726. The summed E-state index contributed by atoms with van der Waals surface area (Å²) in [5.74, 6) is 0. The minimum absolute atomic E-state index is 0.726. The van der Waals surface area contributed by atoms with Crippen LogP contribution in [0.4, 0.5) is 0 Å². The van der Waals surface area contributed by atoms with E-state index in [2.05, 4.69) is 35.3 Å². The van der Waals surface area contributed by atoms with Crippen molar-refractivity contribution in [2.24, 2.45) is 7.05 Å². The summed E-state index contributed by atoms with van der Waals surface area (Å²) >= 11 is 0. The van der Waals surface area contributed by atoms with Gasteiger partial charge in [0.25, 0.3) is 0 Å². The minimum Gasteiger partial charge on any atom is -0.350 e. The first-order chi connectivity index (χ1) is 8.79. The number of hydrogen-bond donors (Lipinski definition) is 1. The Morgan fingerprint density at radius 1 is 1.39 bits per heavy atom. The molecule has 1 aliphatic rings. The molecule has 0 fully saturated rings. The van der Waals surface area contributed by atoms with Crippen LogP contribution in [-0.4, -0.2) is 17.7 Å². The third-order valence-corrected chi connectivity index (χ3v) is 3.53. The predicted molar refractivity (Wildman–Crippen MR) is 73.1 cm³/mol. The Kier molecular flexibility index (Phi) is 2.66. The van der Waals surface area contributed by atoms with Crippen LogP contribution in [0.2, 0.25) is 0 Å². The SMILES string of the molecule is Cn1cc(C2=CCNCC2)c2cc(C#N)ccc21. The average molecular weight is 237 g/mol. The van der Waals surface area contributed by atoms with Crippen LogP contribution in [0.3, 0.4) is 0 Å². The van der Waals surface area contributed by atoms with Gasteiger partial charge in [-0.05, 0) is 36.7 Å². The number of hydrogen-bond acceptors (Lipinski definition) is 2. The third-order valence-electron chi connectivity index (χ3n) is 3.53. The van der Waals surface area contributed by atoms with Gasteiger partial charge in [0.1, 0.15) is 0 Å². The highest BCUT2D eigenvalue weighted by atomic mass is 14.9. The molecule has 18 heavy (non-hydrogen) atoms. The Bertz CT molecular complexity index is 671. The molecule has 1 aromatic heterocycles. The van der Waals surface area contributed by atoms with Crippen molar-refractivity contribution in [3.8, 4) is 6.07 Å². The lowest BCUT2D eigenvalue weighted by Gasteiger charge is -2.13. The standard InChI is InChI=1S/C15H15N3/c1-18-10-14(12-4-6-17-7-5-12)13-8-11(9-16)2-3-15(13)18/h2-4,8,10,17H,5-7H2,1H3. The lowest BCUT2D eigenvalue weighted by Crippen LogP contribution is -2.19. The molecule has 3 rings (SSSR count). The molecular formula is C15H15N3. The van der Waals surface area contributed by atoms with E-state index >= 15 is 0 Å². The van der Waals surface area contributed by atoms with Crippen molar-refractivity contribution in [3.63, 3.8) is 0 Å². The highest BCUT2D eigenvalue weighted by Crippen LogP contribution is 2.30. The van der Waals surface area contributed by atoms with Crippen LogP contribution in [0.25, 0.3) is 16.5 Å². The van der Waals surface area contributed by atoms with E-state index in [9.17, 15) is 0 Å². The van der Waals surface area contributed by atoms with E-state index < -0.39 is 0 Å². The molecule has 0 radical (unpaired) electrons. The first-order valence-electron chi connectivity index (χ1n) is 6.19. The number of rotatable bonds is 1. The van der Waals surface area contributed by atoms with Crippen molar-refractivity contribution in [1.29, 1.82) is 5.26 Å². The van der Waals surface area contributed by atoms with Gasteiger partial charge in [-0.2, -0.15) is 5.26 Å². The van der Waals surface area contributed by atoms with Gasteiger partial charge in [-0.15, -0.1) is 0 Å². The zero-order valence-electron chi connectivity index (χ0n) is 10.4. The molecule has 0 saturated heterocycles. The zero-order chi connectivity index (χ0) is 12.5.